The van der Waals surface area contributed by atoms with Crippen molar-refractivity contribution in [2.75, 3.05) is 0 Å². The Labute approximate surface area is 251 Å². The molecular formula is C39H26N4. The predicted molar refractivity (Wildman–Crippen MR) is 176 cm³/mol. The van der Waals surface area contributed by atoms with Crippen molar-refractivity contribution in [3.05, 3.63) is 158 Å². The van der Waals surface area contributed by atoms with Crippen LogP contribution in [0.1, 0.15) is 1.37 Å². The number of fused-ring (bicyclic) bond motifs is 3. The lowest BCUT2D eigenvalue weighted by Crippen LogP contribution is -2.02. The summed E-state index contributed by atoms with van der Waals surface area (Å²) >= 11 is 0. The van der Waals surface area contributed by atoms with Gasteiger partial charge in [-0.2, -0.15) is 0 Å². The molecule has 4 heteroatoms. The van der Waals surface area contributed by atoms with Gasteiger partial charge in [0.2, 0.25) is 0 Å². The fourth-order valence-electron chi connectivity index (χ4n) is 5.78. The highest BCUT2D eigenvalue weighted by Crippen LogP contribution is 2.38. The fourth-order valence-corrected chi connectivity index (χ4v) is 5.78. The van der Waals surface area contributed by atoms with Crippen molar-refractivity contribution < 1.29 is 1.37 Å². The lowest BCUT2D eigenvalue weighted by molar-refractivity contribution is 1.07. The van der Waals surface area contributed by atoms with E-state index in [0.717, 1.165) is 55.3 Å². The molecule has 4 nitrogen and oxygen atoms in total. The van der Waals surface area contributed by atoms with Gasteiger partial charge in [-0.05, 0) is 23.8 Å². The number of aromatic nitrogens is 4. The standard InChI is InChI=1S/C39H26N4/c1-4-14-27(15-5-1)31-25-24-30(26-36(31)43-34-22-12-10-20-32(34)33-21-11-13-23-35(33)43)39-41-37(28-16-6-2-7-17-28)40-38(42-39)29-18-8-3-9-19-29/h1-26H/i12D. The van der Waals surface area contributed by atoms with Crippen molar-refractivity contribution in [2.45, 2.75) is 0 Å². The molecule has 0 saturated heterocycles. The fraction of sp³-hybridized carbons (Fsp3) is 0. The maximum atomic E-state index is 8.47. The van der Waals surface area contributed by atoms with Gasteiger partial charge >= 0.3 is 0 Å². The van der Waals surface area contributed by atoms with Gasteiger partial charge in [0.25, 0.3) is 0 Å². The van der Waals surface area contributed by atoms with Crippen LogP contribution in [0.15, 0.2) is 158 Å². The molecule has 8 rings (SSSR count). The van der Waals surface area contributed by atoms with Gasteiger partial charge in [-0.1, -0.05) is 140 Å². The van der Waals surface area contributed by atoms with Crippen LogP contribution in [0.25, 0.3) is 72.8 Å². The van der Waals surface area contributed by atoms with E-state index in [2.05, 4.69) is 71.3 Å². The number of nitrogens with zero attached hydrogens (tertiary/aromatic N) is 4. The summed E-state index contributed by atoms with van der Waals surface area (Å²) in [4.78, 5) is 14.9. The summed E-state index contributed by atoms with van der Waals surface area (Å²) in [5.74, 6) is 1.85. The molecule has 8 aromatic rings. The van der Waals surface area contributed by atoms with Gasteiger partial charge in [-0.3, -0.25) is 0 Å². The molecule has 0 aliphatic carbocycles. The molecule has 43 heavy (non-hydrogen) atoms. The SMILES string of the molecule is [2H]c1ccc2c3ccccc3n(-c3cc(-c4nc(-c5ccccc5)nc(-c5ccccc5)n4)ccc3-c3ccccc3)c2c1. The summed E-state index contributed by atoms with van der Waals surface area (Å²) in [6, 6.07) is 51.6. The third-order valence-electron chi connectivity index (χ3n) is 7.80. The first-order valence-electron chi connectivity index (χ1n) is 14.8. The minimum absolute atomic E-state index is 0.469. The lowest BCUT2D eigenvalue weighted by Gasteiger charge is -2.16. The lowest BCUT2D eigenvalue weighted by atomic mass is 10.0. The summed E-state index contributed by atoms with van der Waals surface area (Å²) in [5.41, 5.74) is 7.98. The van der Waals surface area contributed by atoms with E-state index >= 15 is 0 Å². The van der Waals surface area contributed by atoms with Gasteiger partial charge in [0.1, 0.15) is 0 Å². The normalized spacial score (nSPS) is 11.6. The maximum absolute atomic E-state index is 8.47. The first-order chi connectivity index (χ1) is 21.7. The maximum Gasteiger partial charge on any atom is 0.164 e. The Balaban J connectivity index is 1.42. The van der Waals surface area contributed by atoms with Crippen molar-refractivity contribution in [3.63, 3.8) is 0 Å². The first kappa shape index (κ1) is 23.8. The van der Waals surface area contributed by atoms with E-state index in [1.54, 1.807) is 0 Å². The highest BCUT2D eigenvalue weighted by atomic mass is 15.0. The molecule has 6 aromatic carbocycles. The van der Waals surface area contributed by atoms with Gasteiger partial charge < -0.3 is 4.57 Å². The zero-order valence-corrected chi connectivity index (χ0v) is 23.2. The Morgan fingerprint density at radius 1 is 0.419 bits per heavy atom. The predicted octanol–water partition coefficient (Wildman–Crippen LogP) is 9.64. The van der Waals surface area contributed by atoms with Crippen LogP contribution < -0.4 is 0 Å². The van der Waals surface area contributed by atoms with Crippen molar-refractivity contribution >= 4 is 21.8 Å². The molecule has 0 bridgehead atoms. The van der Waals surface area contributed by atoms with Gasteiger partial charge in [0.05, 0.1) is 18.1 Å². The van der Waals surface area contributed by atoms with Crippen molar-refractivity contribution in [1.29, 1.82) is 0 Å². The molecule has 0 saturated carbocycles. The van der Waals surface area contributed by atoms with E-state index in [-0.39, 0.29) is 0 Å². The summed E-state index contributed by atoms with van der Waals surface area (Å²) in [6.45, 7) is 0. The van der Waals surface area contributed by atoms with Crippen LogP contribution in [0.2, 0.25) is 0 Å². The molecule has 0 N–H and O–H groups in total. The molecule has 0 radical (unpaired) electrons. The van der Waals surface area contributed by atoms with Crippen LogP contribution in [0.3, 0.4) is 0 Å². The van der Waals surface area contributed by atoms with Crippen LogP contribution in [0.5, 0.6) is 0 Å². The van der Waals surface area contributed by atoms with Crippen LogP contribution in [-0.2, 0) is 0 Å². The molecule has 0 amide bonds. The molecular weight excluding hydrogens is 524 g/mol. The van der Waals surface area contributed by atoms with Crippen molar-refractivity contribution in [2.24, 2.45) is 0 Å². The van der Waals surface area contributed by atoms with E-state index in [1.807, 2.05) is 84.9 Å². The molecule has 0 aliphatic rings. The Morgan fingerprint density at radius 2 is 0.907 bits per heavy atom. The zero-order valence-electron chi connectivity index (χ0n) is 24.2. The Kier molecular flexibility index (Phi) is 5.82. The van der Waals surface area contributed by atoms with E-state index < -0.39 is 0 Å². The van der Waals surface area contributed by atoms with Crippen LogP contribution in [0, 0.1) is 0 Å². The van der Waals surface area contributed by atoms with Gasteiger partial charge in [0, 0.05) is 33.0 Å². The molecule has 0 unspecified atom stereocenters. The summed E-state index contributed by atoms with van der Waals surface area (Å²) in [5, 5.41) is 2.25. The molecule has 0 aliphatic heterocycles. The average Bonchev–Trinajstić information content (AvgIpc) is 3.42. The molecule has 0 atom stereocenters. The molecule has 0 spiro atoms. The second kappa shape index (κ2) is 10.5. The number of hydrogen-bond acceptors (Lipinski definition) is 3. The first-order valence-corrected chi connectivity index (χ1v) is 14.3. The van der Waals surface area contributed by atoms with Crippen molar-refractivity contribution in [3.8, 4) is 51.0 Å². The van der Waals surface area contributed by atoms with Crippen LogP contribution in [-0.4, -0.2) is 19.5 Å². The van der Waals surface area contributed by atoms with Crippen molar-refractivity contribution in [1.82, 2.24) is 19.5 Å². The van der Waals surface area contributed by atoms with E-state index in [9.17, 15) is 0 Å². The minimum atomic E-state index is 0.469. The summed E-state index contributed by atoms with van der Waals surface area (Å²) < 4.78 is 10.7. The number of hydrogen-bond donors (Lipinski definition) is 0. The number of benzene rings is 6. The second-order valence-electron chi connectivity index (χ2n) is 10.4. The highest BCUT2D eigenvalue weighted by Gasteiger charge is 2.18. The Morgan fingerprint density at radius 3 is 1.53 bits per heavy atom. The molecule has 202 valence electrons. The quantitative estimate of drug-likeness (QED) is 0.214. The monoisotopic (exact) mass is 551 g/mol. The van der Waals surface area contributed by atoms with Gasteiger partial charge in [-0.25, -0.2) is 15.0 Å². The second-order valence-corrected chi connectivity index (χ2v) is 10.4. The smallest absolute Gasteiger partial charge is 0.164 e. The highest BCUT2D eigenvalue weighted by molar-refractivity contribution is 6.09. The average molecular weight is 552 g/mol. The van der Waals surface area contributed by atoms with E-state index in [1.165, 1.54) is 0 Å². The molecule has 0 fully saturated rings. The molecule has 2 aromatic heterocycles. The third kappa shape index (κ3) is 4.46. The Bertz CT molecular complexity index is 2220. The zero-order chi connectivity index (χ0) is 29.5. The van der Waals surface area contributed by atoms with Gasteiger partial charge in [0.15, 0.2) is 17.5 Å². The van der Waals surface area contributed by atoms with Gasteiger partial charge in [-0.15, -0.1) is 0 Å². The number of rotatable bonds is 5. The van der Waals surface area contributed by atoms with E-state index in [4.69, 9.17) is 16.3 Å². The van der Waals surface area contributed by atoms with Crippen LogP contribution in [0.4, 0.5) is 0 Å². The van der Waals surface area contributed by atoms with E-state index in [0.29, 0.717) is 23.5 Å². The van der Waals surface area contributed by atoms with Crippen LogP contribution >= 0.6 is 0 Å². The topological polar surface area (TPSA) is 43.6 Å². The summed E-state index contributed by atoms with van der Waals surface area (Å²) in [7, 11) is 0. The minimum Gasteiger partial charge on any atom is -0.309 e. The largest absolute Gasteiger partial charge is 0.309 e. The molecule has 2 heterocycles. The Hall–Kier alpha value is -5.87. The summed E-state index contributed by atoms with van der Waals surface area (Å²) in [6.07, 6.45) is 0. The number of para-hydroxylation sites is 2. The third-order valence-corrected chi connectivity index (χ3v) is 7.80.